The molecule has 0 saturated carbocycles. The molecular formula is C34H34Br2FN. The summed E-state index contributed by atoms with van der Waals surface area (Å²) < 4.78 is 18.1. The van der Waals surface area contributed by atoms with Crippen LogP contribution in [-0.4, -0.2) is 0 Å². The Labute approximate surface area is 243 Å². The summed E-state index contributed by atoms with van der Waals surface area (Å²) in [7, 11) is 0. The van der Waals surface area contributed by atoms with Crippen molar-refractivity contribution in [1.29, 1.82) is 0 Å². The third-order valence-corrected chi connectivity index (χ3v) is 10.5. The molecule has 0 unspecified atom stereocenters. The highest BCUT2D eigenvalue weighted by molar-refractivity contribution is 9.10. The van der Waals surface area contributed by atoms with Crippen LogP contribution in [0.1, 0.15) is 58.2 Å². The molecule has 0 heterocycles. The number of hydrogen-bond acceptors (Lipinski definition) is 1. The highest BCUT2D eigenvalue weighted by atomic mass is 79.9. The third kappa shape index (κ3) is 4.16. The maximum absolute atomic E-state index is 16.0. The molecule has 38 heavy (non-hydrogen) atoms. The van der Waals surface area contributed by atoms with Crippen molar-refractivity contribution in [3.63, 3.8) is 0 Å². The Balaban J connectivity index is 1.69. The van der Waals surface area contributed by atoms with Gasteiger partial charge in [0.1, 0.15) is 5.82 Å². The maximum Gasteiger partial charge on any atom is 0.127 e. The lowest BCUT2D eigenvalue weighted by Crippen LogP contribution is -2.42. The van der Waals surface area contributed by atoms with E-state index in [1.54, 1.807) is 6.07 Å². The van der Waals surface area contributed by atoms with Gasteiger partial charge in [0.05, 0.1) is 0 Å². The SMILES string of the molecule is Cc1ccc(N(c2ccc(Br)cc2)c2ccc(Br)cc2)cc1-c1cc(F)c2c(c1)C(C)(C)C(C)(C)C2(C)C. The van der Waals surface area contributed by atoms with Crippen molar-refractivity contribution >= 4 is 48.9 Å². The molecule has 0 atom stereocenters. The second-order valence-electron chi connectivity index (χ2n) is 12.0. The molecule has 0 aliphatic heterocycles. The quantitative estimate of drug-likeness (QED) is 0.216. The van der Waals surface area contributed by atoms with E-state index in [4.69, 9.17) is 0 Å². The van der Waals surface area contributed by atoms with Crippen LogP contribution in [-0.2, 0) is 10.8 Å². The van der Waals surface area contributed by atoms with Gasteiger partial charge in [0.2, 0.25) is 0 Å². The summed E-state index contributed by atoms with van der Waals surface area (Å²) in [5.74, 6) is -0.108. The number of rotatable bonds is 4. The van der Waals surface area contributed by atoms with Crippen LogP contribution >= 0.6 is 31.9 Å². The number of benzene rings is 4. The number of hydrogen-bond donors (Lipinski definition) is 0. The molecule has 0 saturated heterocycles. The van der Waals surface area contributed by atoms with Gasteiger partial charge in [0.25, 0.3) is 0 Å². The van der Waals surface area contributed by atoms with Crippen molar-refractivity contribution < 1.29 is 4.39 Å². The lowest BCUT2D eigenvalue weighted by atomic mass is 9.59. The fraction of sp³-hybridized carbons (Fsp3) is 0.294. The molecule has 5 rings (SSSR count). The van der Waals surface area contributed by atoms with Gasteiger partial charge in [-0.15, -0.1) is 0 Å². The molecule has 1 aliphatic carbocycles. The second kappa shape index (κ2) is 9.34. The molecule has 1 nitrogen and oxygen atoms in total. The Hall–Kier alpha value is -2.43. The molecule has 0 radical (unpaired) electrons. The van der Waals surface area contributed by atoms with Crippen molar-refractivity contribution in [3.05, 3.63) is 110 Å². The lowest BCUT2D eigenvalue weighted by Gasteiger charge is -2.44. The third-order valence-electron chi connectivity index (χ3n) is 9.47. The first-order valence-corrected chi connectivity index (χ1v) is 14.6. The van der Waals surface area contributed by atoms with Gasteiger partial charge in [-0.25, -0.2) is 4.39 Å². The molecule has 4 aromatic rings. The maximum atomic E-state index is 16.0. The topological polar surface area (TPSA) is 3.24 Å². The predicted molar refractivity (Wildman–Crippen MR) is 166 cm³/mol. The average Bonchev–Trinajstić information content (AvgIpc) is 2.96. The van der Waals surface area contributed by atoms with Gasteiger partial charge >= 0.3 is 0 Å². The highest BCUT2D eigenvalue weighted by Gasteiger charge is 2.58. The first kappa shape index (κ1) is 27.1. The van der Waals surface area contributed by atoms with Crippen molar-refractivity contribution in [1.82, 2.24) is 0 Å². The highest BCUT2D eigenvalue weighted by Crippen LogP contribution is 2.62. The van der Waals surface area contributed by atoms with E-state index in [0.29, 0.717) is 0 Å². The fourth-order valence-electron chi connectivity index (χ4n) is 6.01. The number of halogens is 3. The van der Waals surface area contributed by atoms with Gasteiger partial charge in [-0.2, -0.15) is 0 Å². The molecule has 0 amide bonds. The number of anilines is 3. The summed E-state index contributed by atoms with van der Waals surface area (Å²) in [6, 6.07) is 27.1. The van der Waals surface area contributed by atoms with E-state index >= 15 is 4.39 Å². The summed E-state index contributed by atoms with van der Waals surface area (Å²) in [5, 5.41) is 0. The number of aryl methyl sites for hydroxylation is 1. The molecule has 0 bridgehead atoms. The van der Waals surface area contributed by atoms with Crippen molar-refractivity contribution in [2.45, 2.75) is 59.3 Å². The Bertz CT molecular complexity index is 1470. The molecule has 0 N–H and O–H groups in total. The molecule has 1 aliphatic rings. The van der Waals surface area contributed by atoms with Crippen LogP contribution in [0.4, 0.5) is 21.5 Å². The molecule has 0 fully saturated rings. The smallest absolute Gasteiger partial charge is 0.127 e. The van der Waals surface area contributed by atoms with Crippen LogP contribution in [0.2, 0.25) is 0 Å². The molecule has 0 aromatic heterocycles. The minimum absolute atomic E-state index is 0.0986. The number of fused-ring (bicyclic) bond motifs is 1. The summed E-state index contributed by atoms with van der Waals surface area (Å²) in [6.45, 7) is 15.5. The Morgan fingerprint density at radius 2 is 1.13 bits per heavy atom. The van der Waals surface area contributed by atoms with Crippen molar-refractivity contribution in [2.24, 2.45) is 5.41 Å². The average molecular weight is 635 g/mol. The van der Waals surface area contributed by atoms with Gasteiger partial charge in [-0.1, -0.05) is 85.5 Å². The first-order valence-electron chi connectivity index (χ1n) is 13.0. The zero-order valence-corrected chi connectivity index (χ0v) is 26.3. The second-order valence-corrected chi connectivity index (χ2v) is 13.9. The van der Waals surface area contributed by atoms with Crippen molar-refractivity contribution in [2.75, 3.05) is 4.90 Å². The van der Waals surface area contributed by atoms with E-state index in [9.17, 15) is 0 Å². The van der Waals surface area contributed by atoms with Gasteiger partial charge in [-0.3, -0.25) is 0 Å². The molecule has 0 spiro atoms. The van der Waals surface area contributed by atoms with E-state index in [-0.39, 0.29) is 22.1 Å². The zero-order chi connectivity index (χ0) is 27.6. The monoisotopic (exact) mass is 633 g/mol. The van der Waals surface area contributed by atoms with Crippen LogP contribution in [0.3, 0.4) is 0 Å². The summed E-state index contributed by atoms with van der Waals surface area (Å²) in [4.78, 5) is 2.24. The molecule has 4 heteroatoms. The largest absolute Gasteiger partial charge is 0.310 e. The molecule has 196 valence electrons. The van der Waals surface area contributed by atoms with Gasteiger partial charge in [0.15, 0.2) is 0 Å². The Morgan fingerprint density at radius 1 is 0.632 bits per heavy atom. The lowest BCUT2D eigenvalue weighted by molar-refractivity contribution is 0.123. The van der Waals surface area contributed by atoms with Gasteiger partial charge < -0.3 is 4.90 Å². The zero-order valence-electron chi connectivity index (χ0n) is 23.1. The minimum Gasteiger partial charge on any atom is -0.310 e. The summed E-state index contributed by atoms with van der Waals surface area (Å²) in [5.41, 5.74) is 7.64. The van der Waals surface area contributed by atoms with Gasteiger partial charge in [-0.05, 0) is 118 Å². The van der Waals surface area contributed by atoms with Crippen LogP contribution in [0.15, 0.2) is 87.8 Å². The van der Waals surface area contributed by atoms with E-state index < -0.39 is 0 Å². The van der Waals surface area contributed by atoms with Crippen LogP contribution in [0.25, 0.3) is 11.1 Å². The van der Waals surface area contributed by atoms with E-state index in [2.05, 4.69) is 158 Å². The van der Waals surface area contributed by atoms with Crippen molar-refractivity contribution in [3.8, 4) is 11.1 Å². The number of nitrogens with zero attached hydrogens (tertiary/aromatic N) is 1. The predicted octanol–water partition coefficient (Wildman–Crippen LogP) is 11.4. The molecular weight excluding hydrogens is 601 g/mol. The van der Waals surface area contributed by atoms with Crippen LogP contribution < -0.4 is 4.90 Å². The summed E-state index contributed by atoms with van der Waals surface area (Å²) >= 11 is 7.13. The normalized spacial score (nSPS) is 16.8. The van der Waals surface area contributed by atoms with E-state index in [1.165, 1.54) is 0 Å². The van der Waals surface area contributed by atoms with Crippen LogP contribution in [0, 0.1) is 18.2 Å². The van der Waals surface area contributed by atoms with Gasteiger partial charge in [0, 0.05) is 26.0 Å². The van der Waals surface area contributed by atoms with Crippen LogP contribution in [0.5, 0.6) is 0 Å². The standard InChI is InChI=1S/C34H34Br2FN/c1-21-8-13-27(38(25-14-9-23(35)10-15-25)26-16-11-24(36)12-17-26)20-28(21)22-18-29-31(30(37)19-22)33(4,5)34(6,7)32(29,2)3/h8-20H,1-7H3. The fourth-order valence-corrected chi connectivity index (χ4v) is 6.54. The van der Waals surface area contributed by atoms with E-state index in [1.807, 2.05) is 0 Å². The Kier molecular flexibility index (Phi) is 6.68. The first-order chi connectivity index (χ1) is 17.8. The summed E-state index contributed by atoms with van der Waals surface area (Å²) in [6.07, 6.45) is 0. The molecule has 4 aromatic carbocycles. The Morgan fingerprint density at radius 3 is 1.66 bits per heavy atom. The van der Waals surface area contributed by atoms with E-state index in [0.717, 1.165) is 53.8 Å². The minimum atomic E-state index is -0.273.